The molecule has 0 N–H and O–H groups in total. The Balaban J connectivity index is 1.45. The molecule has 3 aromatic rings. The Morgan fingerprint density at radius 2 is 1.41 bits per heavy atom. The summed E-state index contributed by atoms with van der Waals surface area (Å²) < 4.78 is 27.3. The second kappa shape index (κ2) is 10.1. The van der Waals surface area contributed by atoms with Gasteiger partial charge in [-0.1, -0.05) is 66.7 Å². The number of carbonyl (C=O) groups excluding carboxylic acids is 1. The van der Waals surface area contributed by atoms with E-state index in [-0.39, 0.29) is 55.0 Å². The lowest BCUT2D eigenvalue weighted by Gasteiger charge is -2.34. The molecule has 0 aromatic heterocycles. The lowest BCUT2D eigenvalue weighted by molar-refractivity contribution is -0.385. The maximum Gasteiger partial charge on any atom is 0.270 e. The highest BCUT2D eigenvalue weighted by Gasteiger charge is 2.32. The SMILES string of the molecule is O=C(CC(c1ccccc1)c1ccccc1)N1CCN(S(=O)(=O)c2cccc([N+](=O)[O-])c2)CC1. The molecule has 0 unspecified atom stereocenters. The van der Waals surface area contributed by atoms with Crippen molar-refractivity contribution in [2.24, 2.45) is 0 Å². The predicted octanol–water partition coefficient (Wildman–Crippen LogP) is 3.65. The largest absolute Gasteiger partial charge is 0.340 e. The topological polar surface area (TPSA) is 101 Å². The Kier molecular flexibility index (Phi) is 7.04. The van der Waals surface area contributed by atoms with Gasteiger partial charge in [0.2, 0.25) is 15.9 Å². The van der Waals surface area contributed by atoms with Gasteiger partial charge in [-0.15, -0.1) is 0 Å². The molecular formula is C25H25N3O5S. The van der Waals surface area contributed by atoms with Gasteiger partial charge in [0.25, 0.3) is 5.69 Å². The number of piperazine rings is 1. The number of benzene rings is 3. The molecule has 0 saturated carbocycles. The van der Waals surface area contributed by atoms with E-state index in [9.17, 15) is 23.3 Å². The standard InChI is InChI=1S/C25H25N3O5S/c29-25(19-24(20-8-3-1-4-9-20)21-10-5-2-6-11-21)26-14-16-27(17-15-26)34(32,33)23-13-7-12-22(18-23)28(30)31/h1-13,18,24H,14-17,19H2. The number of sulfonamides is 1. The van der Waals surface area contributed by atoms with E-state index < -0.39 is 14.9 Å². The van der Waals surface area contributed by atoms with Gasteiger partial charge in [-0.2, -0.15) is 4.31 Å². The molecule has 0 atom stereocenters. The van der Waals surface area contributed by atoms with Gasteiger partial charge in [0.15, 0.2) is 0 Å². The third-order valence-corrected chi connectivity index (χ3v) is 7.93. The number of hydrogen-bond acceptors (Lipinski definition) is 5. The average molecular weight is 480 g/mol. The zero-order valence-corrected chi connectivity index (χ0v) is 19.3. The molecule has 0 aliphatic carbocycles. The Bertz CT molecular complexity index is 1220. The van der Waals surface area contributed by atoms with Crippen molar-refractivity contribution in [1.82, 2.24) is 9.21 Å². The van der Waals surface area contributed by atoms with Crippen LogP contribution in [0, 0.1) is 10.1 Å². The molecule has 1 fully saturated rings. The number of non-ortho nitro benzene ring substituents is 1. The number of carbonyl (C=O) groups is 1. The third-order valence-electron chi connectivity index (χ3n) is 6.04. The van der Waals surface area contributed by atoms with Crippen molar-refractivity contribution in [2.45, 2.75) is 17.2 Å². The van der Waals surface area contributed by atoms with Crippen molar-refractivity contribution in [3.05, 3.63) is 106 Å². The van der Waals surface area contributed by atoms with E-state index in [2.05, 4.69) is 0 Å². The fourth-order valence-corrected chi connectivity index (χ4v) is 5.65. The molecule has 0 spiro atoms. The van der Waals surface area contributed by atoms with Gasteiger partial charge in [-0.3, -0.25) is 14.9 Å². The number of nitro benzene ring substituents is 1. The Labute approximate surface area is 198 Å². The molecular weight excluding hydrogens is 454 g/mol. The quantitative estimate of drug-likeness (QED) is 0.380. The lowest BCUT2D eigenvalue weighted by atomic mass is 9.88. The molecule has 0 bridgehead atoms. The van der Waals surface area contributed by atoms with Gasteiger partial charge in [0, 0.05) is 50.7 Å². The zero-order chi connectivity index (χ0) is 24.1. The number of hydrogen-bond donors (Lipinski definition) is 0. The Morgan fingerprint density at radius 1 is 0.853 bits per heavy atom. The molecule has 0 radical (unpaired) electrons. The molecule has 9 heteroatoms. The minimum Gasteiger partial charge on any atom is -0.340 e. The number of nitro groups is 1. The maximum atomic E-state index is 13.2. The van der Waals surface area contributed by atoms with Crippen LogP contribution >= 0.6 is 0 Å². The zero-order valence-electron chi connectivity index (χ0n) is 18.5. The molecule has 1 heterocycles. The molecule has 176 valence electrons. The summed E-state index contributed by atoms with van der Waals surface area (Å²) in [6.07, 6.45) is 0.283. The van der Waals surface area contributed by atoms with Crippen molar-refractivity contribution in [2.75, 3.05) is 26.2 Å². The highest BCUT2D eigenvalue weighted by molar-refractivity contribution is 7.89. The van der Waals surface area contributed by atoms with Crippen LogP contribution < -0.4 is 0 Å². The van der Waals surface area contributed by atoms with Gasteiger partial charge in [0.1, 0.15) is 0 Å². The van der Waals surface area contributed by atoms with Crippen LogP contribution in [0.15, 0.2) is 89.8 Å². The fraction of sp³-hybridized carbons (Fsp3) is 0.240. The van der Waals surface area contributed by atoms with Crippen molar-refractivity contribution in [1.29, 1.82) is 0 Å². The van der Waals surface area contributed by atoms with Crippen LogP contribution in [-0.2, 0) is 14.8 Å². The Hall–Kier alpha value is -3.56. The first-order valence-electron chi connectivity index (χ1n) is 11.0. The highest BCUT2D eigenvalue weighted by Crippen LogP contribution is 2.29. The summed E-state index contributed by atoms with van der Waals surface area (Å²) >= 11 is 0. The van der Waals surface area contributed by atoms with Gasteiger partial charge in [-0.25, -0.2) is 8.42 Å². The molecule has 1 amide bonds. The van der Waals surface area contributed by atoms with E-state index in [0.717, 1.165) is 17.2 Å². The van der Waals surface area contributed by atoms with Gasteiger partial charge in [-0.05, 0) is 17.2 Å². The minimum absolute atomic E-state index is 0.0369. The summed E-state index contributed by atoms with van der Waals surface area (Å²) in [5.41, 5.74) is 1.82. The van der Waals surface area contributed by atoms with Crippen LogP contribution in [0.25, 0.3) is 0 Å². The van der Waals surface area contributed by atoms with Crippen LogP contribution in [0.2, 0.25) is 0 Å². The van der Waals surface area contributed by atoms with E-state index in [4.69, 9.17) is 0 Å². The number of amides is 1. The second-order valence-corrected chi connectivity index (χ2v) is 10.1. The first-order valence-corrected chi connectivity index (χ1v) is 12.4. The lowest BCUT2D eigenvalue weighted by Crippen LogP contribution is -2.50. The normalized spacial score (nSPS) is 14.8. The summed E-state index contributed by atoms with van der Waals surface area (Å²) in [7, 11) is -3.89. The molecule has 3 aromatic carbocycles. The van der Waals surface area contributed by atoms with Crippen molar-refractivity contribution < 1.29 is 18.1 Å². The van der Waals surface area contributed by atoms with Crippen LogP contribution in [0.4, 0.5) is 5.69 Å². The number of nitrogens with zero attached hydrogens (tertiary/aromatic N) is 3. The van der Waals surface area contributed by atoms with Gasteiger partial charge >= 0.3 is 0 Å². The number of rotatable bonds is 7. The Morgan fingerprint density at radius 3 is 1.94 bits per heavy atom. The van der Waals surface area contributed by atoms with Crippen LogP contribution in [0.1, 0.15) is 23.5 Å². The summed E-state index contributed by atoms with van der Waals surface area (Å²) in [6, 6.07) is 24.8. The van der Waals surface area contributed by atoms with Crippen molar-refractivity contribution in [3.63, 3.8) is 0 Å². The molecule has 34 heavy (non-hydrogen) atoms. The predicted molar refractivity (Wildman–Crippen MR) is 128 cm³/mol. The monoisotopic (exact) mass is 479 g/mol. The van der Waals surface area contributed by atoms with Gasteiger partial charge in [0.05, 0.1) is 9.82 Å². The van der Waals surface area contributed by atoms with Gasteiger partial charge < -0.3 is 4.90 Å². The first-order chi connectivity index (χ1) is 16.4. The summed E-state index contributed by atoms with van der Waals surface area (Å²) in [4.78, 5) is 25.2. The van der Waals surface area contributed by atoms with E-state index in [1.165, 1.54) is 22.5 Å². The van der Waals surface area contributed by atoms with E-state index in [1.807, 2.05) is 60.7 Å². The molecule has 1 saturated heterocycles. The minimum atomic E-state index is -3.89. The van der Waals surface area contributed by atoms with Crippen molar-refractivity contribution in [3.8, 4) is 0 Å². The second-order valence-electron chi connectivity index (χ2n) is 8.12. The maximum absolute atomic E-state index is 13.2. The summed E-state index contributed by atoms with van der Waals surface area (Å²) in [6.45, 7) is 0.808. The van der Waals surface area contributed by atoms with Crippen LogP contribution in [0.3, 0.4) is 0 Å². The molecule has 4 rings (SSSR count). The average Bonchev–Trinajstić information content (AvgIpc) is 2.88. The van der Waals surface area contributed by atoms with Crippen molar-refractivity contribution >= 4 is 21.6 Å². The molecule has 1 aliphatic heterocycles. The van der Waals surface area contributed by atoms with Crippen LogP contribution in [0.5, 0.6) is 0 Å². The van der Waals surface area contributed by atoms with E-state index in [1.54, 1.807) is 4.90 Å². The molecule has 1 aliphatic rings. The van der Waals surface area contributed by atoms with Crippen LogP contribution in [-0.4, -0.2) is 54.6 Å². The molecule has 8 nitrogen and oxygen atoms in total. The fourth-order valence-electron chi connectivity index (χ4n) is 4.19. The third kappa shape index (κ3) is 5.16. The van der Waals surface area contributed by atoms with E-state index in [0.29, 0.717) is 0 Å². The first kappa shape index (κ1) is 23.6. The van der Waals surface area contributed by atoms with E-state index >= 15 is 0 Å². The summed E-state index contributed by atoms with van der Waals surface area (Å²) in [5, 5.41) is 11.0. The smallest absolute Gasteiger partial charge is 0.270 e. The summed E-state index contributed by atoms with van der Waals surface area (Å²) in [5.74, 6) is -0.133. The highest BCUT2D eigenvalue weighted by atomic mass is 32.2.